The van der Waals surface area contributed by atoms with E-state index in [9.17, 15) is 19.5 Å². The van der Waals surface area contributed by atoms with Gasteiger partial charge in [0, 0.05) is 45.5 Å². The van der Waals surface area contributed by atoms with E-state index in [4.69, 9.17) is 9.72 Å². The summed E-state index contributed by atoms with van der Waals surface area (Å²) in [7, 11) is 1.66. The molecule has 36 heavy (non-hydrogen) atoms. The number of rotatable bonds is 8. The number of hydrogen-bond donors (Lipinski definition) is 2. The topological polar surface area (TPSA) is 115 Å². The van der Waals surface area contributed by atoms with Crippen LogP contribution in [0, 0.1) is 0 Å². The number of aryl methyl sites for hydroxylation is 2. The van der Waals surface area contributed by atoms with Crippen molar-refractivity contribution in [2.75, 3.05) is 56.6 Å². The summed E-state index contributed by atoms with van der Waals surface area (Å²) in [6.45, 7) is 2.62. The van der Waals surface area contributed by atoms with Crippen molar-refractivity contribution >= 4 is 29.4 Å². The molecule has 0 aliphatic carbocycles. The summed E-state index contributed by atoms with van der Waals surface area (Å²) in [5, 5.41) is 13.3. The Balaban J connectivity index is 1.18. The van der Waals surface area contributed by atoms with Crippen molar-refractivity contribution in [2.24, 2.45) is 0 Å². The lowest BCUT2D eigenvalue weighted by molar-refractivity contribution is -0.139. The second-order valence-corrected chi connectivity index (χ2v) is 9.52. The number of likely N-dealkylation sites (N-methyl/N-ethyl adjacent to an activating group) is 1. The second-order valence-electron chi connectivity index (χ2n) is 9.52. The highest BCUT2D eigenvalue weighted by molar-refractivity contribution is 5.97. The minimum atomic E-state index is -1.01. The molecule has 190 valence electrons. The summed E-state index contributed by atoms with van der Waals surface area (Å²) in [5.74, 6) is -0.604. The zero-order chi connectivity index (χ0) is 25.2. The molecule has 0 bridgehead atoms. The smallest absolute Gasteiger partial charge is 0.320 e. The largest absolute Gasteiger partial charge is 0.482 e. The first-order valence-corrected chi connectivity index (χ1v) is 12.4. The Morgan fingerprint density at radius 3 is 2.86 bits per heavy atom. The third-order valence-corrected chi connectivity index (χ3v) is 7.17. The van der Waals surface area contributed by atoms with Gasteiger partial charge in [-0.2, -0.15) is 0 Å². The first kappa shape index (κ1) is 23.9. The molecular formula is C26H31N5O5. The number of aromatic nitrogens is 1. The number of amides is 3. The third kappa shape index (κ3) is 4.80. The highest BCUT2D eigenvalue weighted by Gasteiger charge is 2.33. The fourth-order valence-corrected chi connectivity index (χ4v) is 5.03. The van der Waals surface area contributed by atoms with Crippen LogP contribution in [0.25, 0.3) is 0 Å². The molecule has 2 N–H and O–H groups in total. The molecule has 1 aromatic heterocycles. The number of aliphatic carboxylic acids is 1. The predicted molar refractivity (Wildman–Crippen MR) is 134 cm³/mol. The fraction of sp³-hybridized carbons (Fsp3) is 0.462. The van der Waals surface area contributed by atoms with Crippen molar-refractivity contribution in [1.82, 2.24) is 14.8 Å². The standard InChI is InChI=1S/C26H31N5O5/c1-29-21-9-7-18(14-22(21)36-16-23(29)32)20(25(33)34)15-31-13-12-30(26(31)35)11-3-5-19-8-6-17-4-2-10-27-24(17)28-19/h6-9,14,20H,2-5,10-13,15-16H2,1H3,(H,27,28)(H,33,34)/t20-/m1/s1. The Labute approximate surface area is 209 Å². The van der Waals surface area contributed by atoms with E-state index in [2.05, 4.69) is 17.4 Å². The maximum atomic E-state index is 13.0. The van der Waals surface area contributed by atoms with Crippen LogP contribution in [0.2, 0.25) is 0 Å². The molecule has 2 aromatic rings. The average molecular weight is 494 g/mol. The van der Waals surface area contributed by atoms with Gasteiger partial charge in [-0.1, -0.05) is 12.1 Å². The van der Waals surface area contributed by atoms with E-state index in [-0.39, 0.29) is 25.1 Å². The lowest BCUT2D eigenvalue weighted by Crippen LogP contribution is -2.37. The zero-order valence-corrected chi connectivity index (χ0v) is 20.4. The van der Waals surface area contributed by atoms with Gasteiger partial charge in [0.2, 0.25) is 0 Å². The van der Waals surface area contributed by atoms with E-state index in [1.165, 1.54) is 10.5 Å². The van der Waals surface area contributed by atoms with Crippen LogP contribution in [-0.2, 0) is 22.4 Å². The molecule has 1 atom stereocenters. The molecular weight excluding hydrogens is 462 g/mol. The van der Waals surface area contributed by atoms with Crippen LogP contribution in [0.4, 0.5) is 16.3 Å². The molecule has 1 saturated heterocycles. The number of nitrogens with zero attached hydrogens (tertiary/aromatic N) is 4. The SMILES string of the molecule is CN1C(=O)COc2cc([C@@H](CN3CCN(CCCc4ccc5c(n4)NCCC5)C3=O)C(=O)O)ccc21. The lowest BCUT2D eigenvalue weighted by Gasteiger charge is -2.27. The third-order valence-electron chi connectivity index (χ3n) is 7.17. The van der Waals surface area contributed by atoms with Crippen molar-refractivity contribution in [1.29, 1.82) is 0 Å². The first-order valence-electron chi connectivity index (χ1n) is 12.4. The van der Waals surface area contributed by atoms with Gasteiger partial charge in [0.25, 0.3) is 5.91 Å². The number of pyridine rings is 1. The molecule has 1 fully saturated rings. The second kappa shape index (κ2) is 10.0. The zero-order valence-electron chi connectivity index (χ0n) is 20.4. The summed E-state index contributed by atoms with van der Waals surface area (Å²) in [5.41, 5.74) is 3.42. The Hall–Kier alpha value is -3.82. The van der Waals surface area contributed by atoms with Gasteiger partial charge in [0.15, 0.2) is 6.61 Å². The van der Waals surface area contributed by atoms with Crippen LogP contribution in [0.1, 0.15) is 35.6 Å². The number of hydrogen-bond acceptors (Lipinski definition) is 6. The molecule has 0 spiro atoms. The van der Waals surface area contributed by atoms with Gasteiger partial charge in [0.1, 0.15) is 11.6 Å². The number of benzene rings is 1. The number of fused-ring (bicyclic) bond motifs is 2. The predicted octanol–water partition coefficient (Wildman–Crippen LogP) is 2.33. The molecule has 0 unspecified atom stereocenters. The molecule has 3 aliphatic heterocycles. The molecule has 0 radical (unpaired) electrons. The summed E-state index contributed by atoms with van der Waals surface area (Å²) in [4.78, 5) is 46.6. The number of nitrogens with one attached hydrogen (secondary N) is 1. The molecule has 0 saturated carbocycles. The Morgan fingerprint density at radius 1 is 1.19 bits per heavy atom. The van der Waals surface area contributed by atoms with Crippen LogP contribution in [0.5, 0.6) is 5.75 Å². The molecule has 5 rings (SSSR count). The average Bonchev–Trinajstić information content (AvgIpc) is 3.23. The summed E-state index contributed by atoms with van der Waals surface area (Å²) >= 11 is 0. The van der Waals surface area contributed by atoms with Gasteiger partial charge in [-0.3, -0.25) is 9.59 Å². The van der Waals surface area contributed by atoms with Crippen LogP contribution in [0.3, 0.4) is 0 Å². The lowest BCUT2D eigenvalue weighted by atomic mass is 9.97. The number of carbonyl (C=O) groups is 3. The molecule has 1 aromatic carbocycles. The minimum absolute atomic E-state index is 0.0796. The Morgan fingerprint density at radius 2 is 2.03 bits per heavy atom. The van der Waals surface area contributed by atoms with Crippen molar-refractivity contribution in [2.45, 2.75) is 31.6 Å². The van der Waals surface area contributed by atoms with Gasteiger partial charge in [0.05, 0.1) is 11.6 Å². The van der Waals surface area contributed by atoms with Gasteiger partial charge in [-0.05, 0) is 55.0 Å². The molecule has 10 nitrogen and oxygen atoms in total. The Kier molecular flexibility index (Phi) is 6.67. The van der Waals surface area contributed by atoms with E-state index in [1.807, 2.05) is 0 Å². The van der Waals surface area contributed by atoms with Crippen LogP contribution in [0.15, 0.2) is 30.3 Å². The molecule has 10 heteroatoms. The summed E-state index contributed by atoms with van der Waals surface area (Å²) < 4.78 is 5.51. The number of carboxylic acid groups (broad SMARTS) is 1. The van der Waals surface area contributed by atoms with Crippen LogP contribution >= 0.6 is 0 Å². The maximum absolute atomic E-state index is 13.0. The van der Waals surface area contributed by atoms with Crippen molar-refractivity contribution in [3.63, 3.8) is 0 Å². The maximum Gasteiger partial charge on any atom is 0.320 e. The molecule has 3 aliphatic rings. The van der Waals surface area contributed by atoms with Gasteiger partial charge >= 0.3 is 12.0 Å². The molecule has 4 heterocycles. The number of carboxylic acids is 1. The van der Waals surface area contributed by atoms with E-state index in [0.29, 0.717) is 36.6 Å². The van der Waals surface area contributed by atoms with E-state index in [0.717, 1.165) is 43.7 Å². The quantitative estimate of drug-likeness (QED) is 0.580. The van der Waals surface area contributed by atoms with Gasteiger partial charge < -0.3 is 29.9 Å². The number of anilines is 2. The minimum Gasteiger partial charge on any atom is -0.482 e. The van der Waals surface area contributed by atoms with Crippen molar-refractivity contribution in [3.8, 4) is 5.75 Å². The van der Waals surface area contributed by atoms with Crippen molar-refractivity contribution < 1.29 is 24.2 Å². The Bertz CT molecular complexity index is 1190. The first-order chi connectivity index (χ1) is 17.4. The fourth-order valence-electron chi connectivity index (χ4n) is 5.03. The summed E-state index contributed by atoms with van der Waals surface area (Å²) in [6, 6.07) is 9.11. The summed E-state index contributed by atoms with van der Waals surface area (Å²) in [6.07, 6.45) is 3.76. The van der Waals surface area contributed by atoms with Gasteiger partial charge in [-0.25, -0.2) is 9.78 Å². The van der Waals surface area contributed by atoms with E-state index >= 15 is 0 Å². The van der Waals surface area contributed by atoms with E-state index < -0.39 is 11.9 Å². The van der Waals surface area contributed by atoms with Crippen molar-refractivity contribution in [3.05, 3.63) is 47.2 Å². The molecule has 3 amide bonds. The highest BCUT2D eigenvalue weighted by Crippen LogP contribution is 2.34. The normalized spacial score (nSPS) is 17.9. The van der Waals surface area contributed by atoms with Gasteiger partial charge in [-0.15, -0.1) is 0 Å². The highest BCUT2D eigenvalue weighted by atomic mass is 16.5. The monoisotopic (exact) mass is 493 g/mol. The van der Waals surface area contributed by atoms with E-state index in [1.54, 1.807) is 35.0 Å². The van der Waals surface area contributed by atoms with Crippen LogP contribution in [-0.4, -0.2) is 84.2 Å². The number of ether oxygens (including phenoxy) is 1. The number of carbonyl (C=O) groups excluding carboxylic acids is 2. The number of urea groups is 1. The van der Waals surface area contributed by atoms with Crippen LogP contribution < -0.4 is 15.0 Å².